The highest BCUT2D eigenvalue weighted by Crippen LogP contribution is 2.03. The zero-order valence-corrected chi connectivity index (χ0v) is 10.1. The lowest BCUT2D eigenvalue weighted by Crippen LogP contribution is -2.06. The van der Waals surface area contributed by atoms with Crippen molar-refractivity contribution in [3.63, 3.8) is 0 Å². The fourth-order valence-electron chi connectivity index (χ4n) is 1.51. The van der Waals surface area contributed by atoms with Crippen molar-refractivity contribution in [2.45, 2.75) is 19.8 Å². The van der Waals surface area contributed by atoms with Crippen LogP contribution in [0.5, 0.6) is 0 Å². The van der Waals surface area contributed by atoms with Gasteiger partial charge in [0.25, 0.3) is 5.82 Å². The van der Waals surface area contributed by atoms with Crippen molar-refractivity contribution in [3.8, 4) is 0 Å². The van der Waals surface area contributed by atoms with Crippen LogP contribution in [-0.2, 0) is 17.6 Å². The summed E-state index contributed by atoms with van der Waals surface area (Å²) in [5, 5.41) is 6.56. The van der Waals surface area contributed by atoms with E-state index >= 15 is 0 Å². The third-order valence-electron chi connectivity index (χ3n) is 2.39. The second-order valence-corrected chi connectivity index (χ2v) is 3.68. The summed E-state index contributed by atoms with van der Waals surface area (Å²) < 4.78 is 4.81. The fraction of sp³-hybridized carbons (Fsp3) is 0.333. The van der Waals surface area contributed by atoms with Gasteiger partial charge >= 0.3 is 5.97 Å². The number of nitrogens with zero attached hydrogens (tertiary/aromatic N) is 3. The third kappa shape index (κ3) is 3.13. The number of H-pyrrole nitrogens is 1. The predicted octanol–water partition coefficient (Wildman–Crippen LogP) is 1.16. The molecule has 6 nitrogen and oxygen atoms in total. The number of pyridine rings is 1. The molecular weight excluding hydrogens is 232 g/mol. The van der Waals surface area contributed by atoms with Gasteiger partial charge in [0.05, 0.1) is 6.61 Å². The second-order valence-electron chi connectivity index (χ2n) is 3.68. The molecule has 2 aromatic heterocycles. The lowest BCUT2D eigenvalue weighted by molar-refractivity contribution is 0.0512. The predicted molar refractivity (Wildman–Crippen MR) is 64.0 cm³/mol. The average Bonchev–Trinajstić information content (AvgIpc) is 2.87. The van der Waals surface area contributed by atoms with E-state index in [0.717, 1.165) is 6.42 Å². The maximum absolute atomic E-state index is 11.4. The first-order chi connectivity index (χ1) is 8.79. The smallest absolute Gasteiger partial charge is 0.378 e. The molecule has 0 fully saturated rings. The van der Waals surface area contributed by atoms with Gasteiger partial charge in [-0.25, -0.2) is 9.78 Å². The Balaban J connectivity index is 1.93. The number of carbonyl (C=O) groups excluding carboxylic acids is 1. The Hall–Kier alpha value is -2.24. The molecule has 2 heterocycles. The number of aryl methyl sites for hydroxylation is 2. The molecule has 0 aliphatic carbocycles. The molecule has 94 valence electrons. The van der Waals surface area contributed by atoms with Gasteiger partial charge in [0.2, 0.25) is 0 Å². The molecule has 0 unspecified atom stereocenters. The zero-order valence-electron chi connectivity index (χ0n) is 10.1. The van der Waals surface area contributed by atoms with Gasteiger partial charge in [-0.1, -0.05) is 0 Å². The SMILES string of the molecule is CCOC(=O)c1n[nH]c(CCc2ccncc2)n1. The first-order valence-corrected chi connectivity index (χ1v) is 5.77. The molecule has 0 amide bonds. The van der Waals surface area contributed by atoms with Crippen molar-refractivity contribution < 1.29 is 9.53 Å². The van der Waals surface area contributed by atoms with Gasteiger partial charge in [0.1, 0.15) is 5.82 Å². The molecule has 0 bridgehead atoms. The first-order valence-electron chi connectivity index (χ1n) is 5.77. The van der Waals surface area contributed by atoms with Crippen LogP contribution in [0.4, 0.5) is 0 Å². The van der Waals surface area contributed by atoms with E-state index in [-0.39, 0.29) is 5.82 Å². The molecule has 0 saturated heterocycles. The lowest BCUT2D eigenvalue weighted by atomic mass is 10.1. The zero-order chi connectivity index (χ0) is 12.8. The number of esters is 1. The molecule has 0 spiro atoms. The highest BCUT2D eigenvalue weighted by Gasteiger charge is 2.12. The number of aromatic amines is 1. The fourth-order valence-corrected chi connectivity index (χ4v) is 1.51. The van der Waals surface area contributed by atoms with Crippen LogP contribution < -0.4 is 0 Å². The van der Waals surface area contributed by atoms with Crippen molar-refractivity contribution in [1.29, 1.82) is 0 Å². The Bertz CT molecular complexity index is 510. The van der Waals surface area contributed by atoms with Crippen LogP contribution >= 0.6 is 0 Å². The molecule has 2 aromatic rings. The van der Waals surface area contributed by atoms with E-state index in [0.29, 0.717) is 18.9 Å². The van der Waals surface area contributed by atoms with Gasteiger partial charge < -0.3 is 4.74 Å². The quantitative estimate of drug-likeness (QED) is 0.801. The first kappa shape index (κ1) is 12.2. The molecule has 0 atom stereocenters. The lowest BCUT2D eigenvalue weighted by Gasteiger charge is -1.97. The van der Waals surface area contributed by atoms with E-state index in [1.165, 1.54) is 5.56 Å². The van der Waals surface area contributed by atoms with Gasteiger partial charge in [0, 0.05) is 18.8 Å². The Morgan fingerprint density at radius 1 is 1.33 bits per heavy atom. The summed E-state index contributed by atoms with van der Waals surface area (Å²) in [6, 6.07) is 3.89. The second kappa shape index (κ2) is 5.90. The number of hydrogen-bond donors (Lipinski definition) is 1. The van der Waals surface area contributed by atoms with Crippen molar-refractivity contribution in [2.24, 2.45) is 0 Å². The van der Waals surface area contributed by atoms with Gasteiger partial charge in [-0.05, 0) is 31.0 Å². The Morgan fingerprint density at radius 3 is 2.83 bits per heavy atom. The van der Waals surface area contributed by atoms with Crippen molar-refractivity contribution >= 4 is 5.97 Å². The van der Waals surface area contributed by atoms with Crippen LogP contribution in [0.25, 0.3) is 0 Å². The summed E-state index contributed by atoms with van der Waals surface area (Å²) in [7, 11) is 0. The highest BCUT2D eigenvalue weighted by molar-refractivity contribution is 5.84. The molecule has 1 N–H and O–H groups in total. The van der Waals surface area contributed by atoms with Crippen LogP contribution in [-0.4, -0.2) is 32.7 Å². The summed E-state index contributed by atoms with van der Waals surface area (Å²) in [4.78, 5) is 19.4. The van der Waals surface area contributed by atoms with Crippen LogP contribution in [0, 0.1) is 0 Å². The number of nitrogens with one attached hydrogen (secondary N) is 1. The van der Waals surface area contributed by atoms with Gasteiger partial charge in [-0.2, -0.15) is 0 Å². The van der Waals surface area contributed by atoms with E-state index in [4.69, 9.17) is 4.74 Å². The van der Waals surface area contributed by atoms with Crippen LogP contribution in [0.1, 0.15) is 28.9 Å². The highest BCUT2D eigenvalue weighted by atomic mass is 16.5. The maximum atomic E-state index is 11.4. The van der Waals surface area contributed by atoms with Crippen LogP contribution in [0.3, 0.4) is 0 Å². The number of ether oxygens (including phenoxy) is 1. The molecule has 2 rings (SSSR count). The molecule has 0 saturated carbocycles. The van der Waals surface area contributed by atoms with Crippen LogP contribution in [0.2, 0.25) is 0 Å². The van der Waals surface area contributed by atoms with E-state index in [2.05, 4.69) is 20.2 Å². The van der Waals surface area contributed by atoms with E-state index < -0.39 is 5.97 Å². The standard InChI is InChI=1S/C12H14N4O2/c1-2-18-12(17)11-14-10(15-16-11)4-3-9-5-7-13-8-6-9/h5-8H,2-4H2,1H3,(H,14,15,16). The van der Waals surface area contributed by atoms with E-state index in [9.17, 15) is 4.79 Å². The van der Waals surface area contributed by atoms with Gasteiger partial charge in [-0.15, -0.1) is 5.10 Å². The molecule has 0 aromatic carbocycles. The largest absolute Gasteiger partial charge is 0.460 e. The summed E-state index contributed by atoms with van der Waals surface area (Å²) >= 11 is 0. The van der Waals surface area contributed by atoms with Crippen LogP contribution in [0.15, 0.2) is 24.5 Å². The summed E-state index contributed by atoms with van der Waals surface area (Å²) in [6.45, 7) is 2.06. The molecular formula is C12H14N4O2. The topological polar surface area (TPSA) is 80.8 Å². The maximum Gasteiger partial charge on any atom is 0.378 e. The van der Waals surface area contributed by atoms with E-state index in [1.54, 1.807) is 19.3 Å². The summed E-state index contributed by atoms with van der Waals surface area (Å²) in [5.74, 6) is 0.264. The molecule has 0 radical (unpaired) electrons. The van der Waals surface area contributed by atoms with E-state index in [1.807, 2.05) is 12.1 Å². The number of hydrogen-bond acceptors (Lipinski definition) is 5. The number of carbonyl (C=O) groups is 1. The van der Waals surface area contributed by atoms with Crippen molar-refractivity contribution in [2.75, 3.05) is 6.61 Å². The minimum Gasteiger partial charge on any atom is -0.460 e. The Morgan fingerprint density at radius 2 is 2.11 bits per heavy atom. The minimum atomic E-state index is -0.496. The Kier molecular flexibility index (Phi) is 4.01. The summed E-state index contributed by atoms with van der Waals surface area (Å²) in [5.41, 5.74) is 1.17. The van der Waals surface area contributed by atoms with Gasteiger partial charge in [0.15, 0.2) is 0 Å². The van der Waals surface area contributed by atoms with Gasteiger partial charge in [-0.3, -0.25) is 10.1 Å². The van der Waals surface area contributed by atoms with Crippen molar-refractivity contribution in [1.82, 2.24) is 20.2 Å². The third-order valence-corrected chi connectivity index (χ3v) is 2.39. The molecule has 18 heavy (non-hydrogen) atoms. The minimum absolute atomic E-state index is 0.0848. The average molecular weight is 246 g/mol. The molecule has 0 aliphatic rings. The molecule has 0 aliphatic heterocycles. The molecule has 6 heteroatoms. The van der Waals surface area contributed by atoms with Crippen molar-refractivity contribution in [3.05, 3.63) is 41.7 Å². The Labute approximate surface area is 104 Å². The number of aromatic nitrogens is 4. The monoisotopic (exact) mass is 246 g/mol. The summed E-state index contributed by atoms with van der Waals surface area (Å²) in [6.07, 6.45) is 5.01. The normalized spacial score (nSPS) is 10.3. The number of rotatable bonds is 5.